The molecule has 0 aliphatic carbocycles. The summed E-state index contributed by atoms with van der Waals surface area (Å²) >= 11 is 0. The number of hydrogen-bond acceptors (Lipinski definition) is 3. The minimum atomic E-state index is -0.724. The molecule has 0 bridgehead atoms. The zero-order valence-electron chi connectivity index (χ0n) is 9.41. The van der Waals surface area contributed by atoms with Crippen LogP contribution in [0.5, 0.6) is 0 Å². The Labute approximate surface area is 87.1 Å². The van der Waals surface area contributed by atoms with Crippen LogP contribution in [0.15, 0.2) is 0 Å². The van der Waals surface area contributed by atoms with Gasteiger partial charge in [-0.3, -0.25) is 0 Å². The van der Waals surface area contributed by atoms with Crippen molar-refractivity contribution < 1.29 is 14.9 Å². The highest BCUT2D eigenvalue weighted by atomic mass is 16.5. The molecular weight excluding hydrogens is 180 g/mol. The summed E-state index contributed by atoms with van der Waals surface area (Å²) in [6.45, 7) is 5.09. The fourth-order valence-corrected chi connectivity index (χ4v) is 1.17. The van der Waals surface area contributed by atoms with Gasteiger partial charge in [0.2, 0.25) is 0 Å². The van der Waals surface area contributed by atoms with Crippen molar-refractivity contribution in [2.45, 2.75) is 58.2 Å². The minimum Gasteiger partial charge on any atom is -0.390 e. The summed E-state index contributed by atoms with van der Waals surface area (Å²) in [6.07, 6.45) is 3.41. The Morgan fingerprint density at radius 2 is 1.64 bits per heavy atom. The lowest BCUT2D eigenvalue weighted by Gasteiger charge is -2.17. The van der Waals surface area contributed by atoms with Gasteiger partial charge in [-0.1, -0.05) is 33.1 Å². The summed E-state index contributed by atoms with van der Waals surface area (Å²) in [5, 5.41) is 18.9. The van der Waals surface area contributed by atoms with Gasteiger partial charge < -0.3 is 14.9 Å². The molecule has 0 aliphatic heterocycles. The Morgan fingerprint density at radius 3 is 2.21 bits per heavy atom. The molecule has 2 N–H and O–H groups in total. The van der Waals surface area contributed by atoms with E-state index in [0.29, 0.717) is 13.0 Å². The summed E-state index contributed by atoms with van der Waals surface area (Å²) in [7, 11) is 0. The molecule has 3 heteroatoms. The van der Waals surface area contributed by atoms with Crippen LogP contribution >= 0.6 is 0 Å². The van der Waals surface area contributed by atoms with Crippen LogP contribution in [0.25, 0.3) is 0 Å². The molecule has 0 heterocycles. The van der Waals surface area contributed by atoms with Crippen molar-refractivity contribution in [1.29, 1.82) is 0 Å². The van der Waals surface area contributed by atoms with Gasteiger partial charge in [0.15, 0.2) is 0 Å². The van der Waals surface area contributed by atoms with E-state index in [4.69, 9.17) is 4.74 Å². The lowest BCUT2D eigenvalue weighted by atomic mass is 10.1. The van der Waals surface area contributed by atoms with Crippen LogP contribution < -0.4 is 0 Å². The summed E-state index contributed by atoms with van der Waals surface area (Å²) < 4.78 is 5.23. The average molecular weight is 204 g/mol. The Balaban J connectivity index is 3.36. The van der Waals surface area contributed by atoms with Gasteiger partial charge in [0.1, 0.15) is 6.10 Å². The maximum atomic E-state index is 9.48. The van der Waals surface area contributed by atoms with Gasteiger partial charge in [0, 0.05) is 6.61 Å². The number of rotatable bonds is 9. The third kappa shape index (κ3) is 7.30. The Morgan fingerprint density at radius 1 is 1.00 bits per heavy atom. The first-order chi connectivity index (χ1) is 6.72. The van der Waals surface area contributed by atoms with Gasteiger partial charge in [-0.25, -0.2) is 0 Å². The number of ether oxygens (including phenoxy) is 1. The number of aliphatic hydroxyl groups excluding tert-OH is 2. The lowest BCUT2D eigenvalue weighted by molar-refractivity contribution is -0.0415. The minimum absolute atomic E-state index is 0.255. The van der Waals surface area contributed by atoms with Crippen LogP contribution in [-0.4, -0.2) is 35.6 Å². The van der Waals surface area contributed by atoms with Crippen molar-refractivity contribution in [3.05, 3.63) is 0 Å². The molecule has 0 aromatic rings. The summed E-state index contributed by atoms with van der Waals surface area (Å²) in [5.74, 6) is 0. The zero-order chi connectivity index (χ0) is 10.8. The van der Waals surface area contributed by atoms with Crippen LogP contribution in [0, 0.1) is 0 Å². The van der Waals surface area contributed by atoms with Gasteiger partial charge >= 0.3 is 0 Å². The second-order valence-corrected chi connectivity index (χ2v) is 3.71. The van der Waals surface area contributed by atoms with Crippen LogP contribution in [0.1, 0.15) is 46.0 Å². The molecule has 3 nitrogen and oxygen atoms in total. The summed E-state index contributed by atoms with van der Waals surface area (Å²) in [5.41, 5.74) is 0. The van der Waals surface area contributed by atoms with Crippen LogP contribution in [0.4, 0.5) is 0 Å². The van der Waals surface area contributed by atoms with Gasteiger partial charge in [-0.05, 0) is 12.8 Å². The summed E-state index contributed by atoms with van der Waals surface area (Å²) in [4.78, 5) is 0. The molecule has 0 aliphatic rings. The second kappa shape index (κ2) is 9.44. The van der Waals surface area contributed by atoms with E-state index in [2.05, 4.69) is 13.8 Å². The molecule has 2 unspecified atom stereocenters. The third-order valence-electron chi connectivity index (χ3n) is 2.23. The Bertz CT molecular complexity index is 117. The molecule has 0 saturated heterocycles. The Kier molecular flexibility index (Phi) is 9.35. The van der Waals surface area contributed by atoms with Gasteiger partial charge in [-0.15, -0.1) is 0 Å². The fraction of sp³-hybridized carbons (Fsp3) is 1.00. The van der Waals surface area contributed by atoms with E-state index in [-0.39, 0.29) is 6.61 Å². The molecule has 2 atom stereocenters. The van der Waals surface area contributed by atoms with E-state index in [1.54, 1.807) is 0 Å². The van der Waals surface area contributed by atoms with E-state index in [1.807, 2.05) is 0 Å². The van der Waals surface area contributed by atoms with Crippen LogP contribution in [-0.2, 0) is 4.74 Å². The quantitative estimate of drug-likeness (QED) is 0.562. The standard InChI is InChI=1S/C11H24O3/c1-3-5-7-10(12)11(13)9-14-8-6-4-2/h10-13H,3-9H2,1-2H3. The summed E-state index contributed by atoms with van der Waals surface area (Å²) in [6, 6.07) is 0. The maximum Gasteiger partial charge on any atom is 0.103 e. The highest BCUT2D eigenvalue weighted by Crippen LogP contribution is 2.05. The molecule has 86 valence electrons. The largest absolute Gasteiger partial charge is 0.390 e. The van der Waals surface area contributed by atoms with Crippen LogP contribution in [0.3, 0.4) is 0 Å². The fourth-order valence-electron chi connectivity index (χ4n) is 1.17. The van der Waals surface area contributed by atoms with E-state index < -0.39 is 12.2 Å². The van der Waals surface area contributed by atoms with E-state index in [1.165, 1.54) is 0 Å². The van der Waals surface area contributed by atoms with Gasteiger partial charge in [0.05, 0.1) is 12.7 Å². The van der Waals surface area contributed by atoms with Crippen molar-refractivity contribution in [1.82, 2.24) is 0 Å². The molecule has 0 saturated carbocycles. The van der Waals surface area contributed by atoms with Crippen molar-refractivity contribution >= 4 is 0 Å². The molecule has 0 spiro atoms. The molecular formula is C11H24O3. The van der Waals surface area contributed by atoms with Crippen molar-refractivity contribution in [2.75, 3.05) is 13.2 Å². The van der Waals surface area contributed by atoms with E-state index in [0.717, 1.165) is 25.7 Å². The highest BCUT2D eigenvalue weighted by molar-refractivity contribution is 4.66. The molecule has 0 aromatic heterocycles. The average Bonchev–Trinajstić information content (AvgIpc) is 2.20. The van der Waals surface area contributed by atoms with Crippen molar-refractivity contribution in [2.24, 2.45) is 0 Å². The lowest BCUT2D eigenvalue weighted by Crippen LogP contribution is -2.30. The van der Waals surface area contributed by atoms with E-state index >= 15 is 0 Å². The first kappa shape index (κ1) is 13.9. The molecule has 0 fully saturated rings. The molecule has 14 heavy (non-hydrogen) atoms. The second-order valence-electron chi connectivity index (χ2n) is 3.71. The van der Waals surface area contributed by atoms with Gasteiger partial charge in [-0.2, -0.15) is 0 Å². The van der Waals surface area contributed by atoms with E-state index in [9.17, 15) is 10.2 Å². The first-order valence-corrected chi connectivity index (χ1v) is 5.66. The van der Waals surface area contributed by atoms with Crippen molar-refractivity contribution in [3.63, 3.8) is 0 Å². The van der Waals surface area contributed by atoms with Gasteiger partial charge in [0.25, 0.3) is 0 Å². The highest BCUT2D eigenvalue weighted by Gasteiger charge is 2.15. The predicted molar refractivity (Wildman–Crippen MR) is 57.3 cm³/mol. The topological polar surface area (TPSA) is 49.7 Å². The molecule has 0 rings (SSSR count). The number of hydrogen-bond donors (Lipinski definition) is 2. The maximum absolute atomic E-state index is 9.48. The molecule has 0 amide bonds. The molecule has 0 aromatic carbocycles. The zero-order valence-corrected chi connectivity index (χ0v) is 9.41. The monoisotopic (exact) mass is 204 g/mol. The van der Waals surface area contributed by atoms with Crippen LogP contribution in [0.2, 0.25) is 0 Å². The molecule has 0 radical (unpaired) electrons. The number of unbranched alkanes of at least 4 members (excludes halogenated alkanes) is 2. The Hall–Kier alpha value is -0.120. The van der Waals surface area contributed by atoms with Crippen molar-refractivity contribution in [3.8, 4) is 0 Å². The first-order valence-electron chi connectivity index (χ1n) is 5.66. The SMILES string of the molecule is CCCCOCC(O)C(O)CCCC. The smallest absolute Gasteiger partial charge is 0.103 e. The number of aliphatic hydroxyl groups is 2. The predicted octanol–water partition coefficient (Wildman–Crippen LogP) is 1.72. The normalized spacial score (nSPS) is 15.4. The third-order valence-corrected chi connectivity index (χ3v) is 2.23.